The van der Waals surface area contributed by atoms with Gasteiger partial charge in [0.25, 0.3) is 0 Å². The van der Waals surface area contributed by atoms with Crippen molar-refractivity contribution < 1.29 is 13.9 Å². The van der Waals surface area contributed by atoms with Crippen LogP contribution in [0.5, 0.6) is 0 Å². The number of benzene rings is 1. The summed E-state index contributed by atoms with van der Waals surface area (Å²) in [4.78, 5) is 0. The topological polar surface area (TPSA) is 46.2 Å². The molecule has 1 unspecified atom stereocenters. The number of aliphatic hydroxyl groups is 1. The molecule has 0 spiro atoms. The van der Waals surface area contributed by atoms with Gasteiger partial charge in [0, 0.05) is 13.0 Å². The maximum atomic E-state index is 12.0. The second-order valence-corrected chi connectivity index (χ2v) is 3.09. The van der Waals surface area contributed by atoms with Gasteiger partial charge in [0.05, 0.1) is 6.10 Å². The zero-order valence-corrected chi connectivity index (χ0v) is 7.66. The first kappa shape index (κ1) is 11.1. The Balaban J connectivity index is 2.68. The molecule has 0 aliphatic rings. The zero-order chi connectivity index (χ0) is 10.6. The van der Waals surface area contributed by atoms with E-state index in [1.54, 1.807) is 24.3 Å². The zero-order valence-electron chi connectivity index (χ0n) is 7.66. The Morgan fingerprint density at radius 2 is 1.79 bits per heavy atom. The number of rotatable bonds is 4. The molecule has 0 saturated heterocycles. The van der Waals surface area contributed by atoms with Crippen molar-refractivity contribution in [3.05, 3.63) is 35.4 Å². The van der Waals surface area contributed by atoms with Gasteiger partial charge < -0.3 is 10.8 Å². The average Bonchev–Trinajstić information content (AvgIpc) is 2.17. The lowest BCUT2D eigenvalue weighted by Crippen LogP contribution is -2.11. The molecule has 0 fully saturated rings. The van der Waals surface area contributed by atoms with Gasteiger partial charge in [-0.2, -0.15) is 0 Å². The molecule has 3 N–H and O–H groups in total. The van der Waals surface area contributed by atoms with Crippen molar-refractivity contribution in [3.8, 4) is 0 Å². The van der Waals surface area contributed by atoms with Crippen LogP contribution in [0.25, 0.3) is 0 Å². The fourth-order valence-corrected chi connectivity index (χ4v) is 1.19. The fraction of sp³-hybridized carbons (Fsp3) is 0.400. The van der Waals surface area contributed by atoms with Crippen molar-refractivity contribution in [1.82, 2.24) is 0 Å². The molecule has 0 radical (unpaired) electrons. The van der Waals surface area contributed by atoms with E-state index < -0.39 is 12.5 Å². The summed E-state index contributed by atoms with van der Waals surface area (Å²) in [5, 5.41) is 9.33. The van der Waals surface area contributed by atoms with Crippen molar-refractivity contribution in [3.63, 3.8) is 0 Å². The van der Waals surface area contributed by atoms with Crippen LogP contribution >= 0.6 is 0 Å². The van der Waals surface area contributed by atoms with Gasteiger partial charge in [-0.05, 0) is 11.1 Å². The van der Waals surface area contributed by atoms with Crippen molar-refractivity contribution in [2.24, 2.45) is 5.73 Å². The third-order valence-corrected chi connectivity index (χ3v) is 1.98. The van der Waals surface area contributed by atoms with Gasteiger partial charge in [-0.1, -0.05) is 24.3 Å². The number of halogens is 2. The normalized spacial score (nSPS) is 13.2. The molecular formula is C10H13F2NO. The van der Waals surface area contributed by atoms with Gasteiger partial charge in [-0.25, -0.2) is 8.78 Å². The van der Waals surface area contributed by atoms with E-state index in [1.165, 1.54) is 0 Å². The van der Waals surface area contributed by atoms with Gasteiger partial charge in [-0.15, -0.1) is 0 Å². The third kappa shape index (κ3) is 3.05. The van der Waals surface area contributed by atoms with E-state index in [0.29, 0.717) is 11.1 Å². The van der Waals surface area contributed by atoms with Crippen LogP contribution in [0.2, 0.25) is 0 Å². The molecular weight excluding hydrogens is 188 g/mol. The Kier molecular flexibility index (Phi) is 3.98. The SMILES string of the molecule is NCC(O)c1ccc(CC(F)F)cc1. The minimum Gasteiger partial charge on any atom is -0.387 e. The van der Waals surface area contributed by atoms with Crippen LogP contribution in [0.1, 0.15) is 17.2 Å². The summed E-state index contributed by atoms with van der Waals surface area (Å²) in [6, 6.07) is 6.41. The van der Waals surface area contributed by atoms with Gasteiger partial charge >= 0.3 is 0 Å². The molecule has 1 aromatic carbocycles. The highest BCUT2D eigenvalue weighted by molar-refractivity contribution is 5.24. The molecule has 1 atom stereocenters. The molecule has 1 rings (SSSR count). The molecule has 14 heavy (non-hydrogen) atoms. The van der Waals surface area contributed by atoms with Crippen molar-refractivity contribution in [2.45, 2.75) is 19.0 Å². The molecule has 1 aromatic rings. The van der Waals surface area contributed by atoms with Gasteiger partial charge in [0.2, 0.25) is 6.43 Å². The number of hydrogen-bond acceptors (Lipinski definition) is 2. The summed E-state index contributed by atoms with van der Waals surface area (Å²) in [5.74, 6) is 0. The van der Waals surface area contributed by atoms with Crippen molar-refractivity contribution in [1.29, 1.82) is 0 Å². The van der Waals surface area contributed by atoms with E-state index in [4.69, 9.17) is 5.73 Å². The van der Waals surface area contributed by atoms with E-state index in [1.807, 2.05) is 0 Å². The fourth-order valence-electron chi connectivity index (χ4n) is 1.19. The maximum absolute atomic E-state index is 12.0. The summed E-state index contributed by atoms with van der Waals surface area (Å²) in [5.41, 5.74) is 6.47. The minimum atomic E-state index is -2.33. The summed E-state index contributed by atoms with van der Waals surface area (Å²) in [6.45, 7) is 0.133. The van der Waals surface area contributed by atoms with Crippen LogP contribution in [0.3, 0.4) is 0 Å². The number of alkyl halides is 2. The molecule has 4 heteroatoms. The molecule has 0 heterocycles. The van der Waals surface area contributed by atoms with E-state index in [-0.39, 0.29) is 13.0 Å². The van der Waals surface area contributed by atoms with Crippen molar-refractivity contribution in [2.75, 3.05) is 6.54 Å². The second kappa shape index (κ2) is 5.02. The quantitative estimate of drug-likeness (QED) is 0.775. The minimum absolute atomic E-state index is 0.133. The summed E-state index contributed by atoms with van der Waals surface area (Å²) >= 11 is 0. The van der Waals surface area contributed by atoms with Crippen LogP contribution in [0.4, 0.5) is 8.78 Å². The summed E-state index contributed by atoms with van der Waals surface area (Å²) < 4.78 is 24.0. The molecule has 78 valence electrons. The van der Waals surface area contributed by atoms with Crippen LogP contribution in [0, 0.1) is 0 Å². The lowest BCUT2D eigenvalue weighted by molar-refractivity contribution is 0.149. The Labute approximate surface area is 81.4 Å². The van der Waals surface area contributed by atoms with Crippen LogP contribution in [-0.2, 0) is 6.42 Å². The molecule has 0 amide bonds. The number of aliphatic hydroxyl groups excluding tert-OH is 1. The Morgan fingerprint density at radius 1 is 1.21 bits per heavy atom. The van der Waals surface area contributed by atoms with Crippen molar-refractivity contribution >= 4 is 0 Å². The molecule has 2 nitrogen and oxygen atoms in total. The second-order valence-electron chi connectivity index (χ2n) is 3.09. The van der Waals surface area contributed by atoms with E-state index in [0.717, 1.165) is 0 Å². The van der Waals surface area contributed by atoms with Crippen LogP contribution in [-0.4, -0.2) is 18.1 Å². The van der Waals surface area contributed by atoms with Gasteiger partial charge in [-0.3, -0.25) is 0 Å². The highest BCUT2D eigenvalue weighted by atomic mass is 19.3. The smallest absolute Gasteiger partial charge is 0.242 e. The van der Waals surface area contributed by atoms with E-state index in [9.17, 15) is 13.9 Å². The lowest BCUT2D eigenvalue weighted by atomic mass is 10.1. The Morgan fingerprint density at radius 3 is 2.21 bits per heavy atom. The first-order chi connectivity index (χ1) is 6.63. The molecule has 0 saturated carbocycles. The largest absolute Gasteiger partial charge is 0.387 e. The molecule has 0 bridgehead atoms. The third-order valence-electron chi connectivity index (χ3n) is 1.98. The van der Waals surface area contributed by atoms with Crippen LogP contribution < -0.4 is 5.73 Å². The molecule has 0 aliphatic heterocycles. The first-order valence-corrected chi connectivity index (χ1v) is 4.38. The average molecular weight is 201 g/mol. The summed E-state index contributed by atoms with van der Waals surface area (Å²) in [7, 11) is 0. The maximum Gasteiger partial charge on any atom is 0.242 e. The van der Waals surface area contributed by atoms with Gasteiger partial charge in [0.1, 0.15) is 0 Å². The van der Waals surface area contributed by atoms with E-state index >= 15 is 0 Å². The lowest BCUT2D eigenvalue weighted by Gasteiger charge is -2.08. The highest BCUT2D eigenvalue weighted by Gasteiger charge is 2.07. The standard InChI is InChI=1S/C10H13F2NO/c11-10(12)5-7-1-3-8(4-2-7)9(14)6-13/h1-4,9-10,14H,5-6,13H2. The predicted octanol–water partition coefficient (Wildman–Crippen LogP) is 1.49. The summed E-state index contributed by atoms with van der Waals surface area (Å²) in [6.07, 6.45) is -3.30. The molecule has 0 aromatic heterocycles. The first-order valence-electron chi connectivity index (χ1n) is 4.38. The van der Waals surface area contributed by atoms with E-state index in [2.05, 4.69) is 0 Å². The number of nitrogens with two attached hydrogens (primary N) is 1. The highest BCUT2D eigenvalue weighted by Crippen LogP contribution is 2.14. The predicted molar refractivity (Wildman–Crippen MR) is 50.2 cm³/mol. The monoisotopic (exact) mass is 201 g/mol. The van der Waals surface area contributed by atoms with Gasteiger partial charge in [0.15, 0.2) is 0 Å². The molecule has 0 aliphatic carbocycles. The number of hydrogen-bond donors (Lipinski definition) is 2. The Bertz CT molecular complexity index is 274. The van der Waals surface area contributed by atoms with Crippen LogP contribution in [0.15, 0.2) is 24.3 Å². The Hall–Kier alpha value is -1.00.